The Morgan fingerprint density at radius 3 is 2.42 bits per heavy atom. The first kappa shape index (κ1) is 18.7. The van der Waals surface area contributed by atoms with Crippen molar-refractivity contribution in [3.63, 3.8) is 0 Å². The lowest BCUT2D eigenvalue weighted by atomic mass is 9.94. The summed E-state index contributed by atoms with van der Waals surface area (Å²) in [5.41, 5.74) is 4.02. The number of carbonyl (C=O) groups is 1. The molecule has 134 valence electrons. The summed E-state index contributed by atoms with van der Waals surface area (Å²) in [7, 11) is 0. The second kappa shape index (κ2) is 8.09. The van der Waals surface area contributed by atoms with E-state index in [4.69, 9.17) is 28.3 Å². The second-order valence-corrected chi connectivity index (χ2v) is 7.01. The molecule has 1 aliphatic rings. The average molecular weight is 389 g/mol. The highest BCUT2D eigenvalue weighted by Gasteiger charge is 2.22. The number of aliphatic hydroxyl groups excluding tert-OH is 1. The van der Waals surface area contributed by atoms with E-state index in [0.717, 1.165) is 41.2 Å². The van der Waals surface area contributed by atoms with Crippen LogP contribution >= 0.6 is 23.2 Å². The van der Waals surface area contributed by atoms with E-state index in [1.165, 1.54) is 0 Å². The Balaban J connectivity index is 2.01. The number of aliphatic carboxylic acids is 1. The highest BCUT2D eigenvalue weighted by Crippen LogP contribution is 2.35. The van der Waals surface area contributed by atoms with Crippen LogP contribution in [0.4, 0.5) is 0 Å². The number of carboxylic acids is 1. The Hall–Kier alpha value is -2.07. The third-order valence-electron chi connectivity index (χ3n) is 4.52. The zero-order chi connectivity index (χ0) is 18.7. The fourth-order valence-corrected chi connectivity index (χ4v) is 3.81. The van der Waals surface area contributed by atoms with Crippen molar-refractivity contribution in [3.05, 3.63) is 80.3 Å². The molecule has 0 aliphatic heterocycles. The maximum atomic E-state index is 11.0. The van der Waals surface area contributed by atoms with Gasteiger partial charge in [-0.15, -0.1) is 0 Å². The van der Waals surface area contributed by atoms with Gasteiger partial charge in [-0.1, -0.05) is 59.6 Å². The predicted molar refractivity (Wildman–Crippen MR) is 105 cm³/mol. The van der Waals surface area contributed by atoms with Crippen LogP contribution in [0.25, 0.3) is 12.2 Å². The van der Waals surface area contributed by atoms with E-state index in [1.54, 1.807) is 18.2 Å². The van der Waals surface area contributed by atoms with Gasteiger partial charge in [-0.2, -0.15) is 0 Å². The smallest absolute Gasteiger partial charge is 0.328 e. The SMILES string of the molecule is O=C(O)/C=C1\CCCc2c(/C=C/c3c(Cl)cccc3Cl)cccc2C1O. The first-order chi connectivity index (χ1) is 12.5. The Morgan fingerprint density at radius 1 is 1.04 bits per heavy atom. The summed E-state index contributed by atoms with van der Waals surface area (Å²) in [5.74, 6) is -1.04. The van der Waals surface area contributed by atoms with Crippen LogP contribution in [0.1, 0.15) is 41.2 Å². The van der Waals surface area contributed by atoms with Crippen molar-refractivity contribution in [3.8, 4) is 0 Å². The lowest BCUT2D eigenvalue weighted by Gasteiger charge is -2.15. The molecule has 0 saturated heterocycles. The third kappa shape index (κ3) is 4.01. The molecule has 0 saturated carbocycles. The van der Waals surface area contributed by atoms with Crippen LogP contribution in [0, 0.1) is 0 Å². The standard InChI is InChI=1S/C21H18Cl2O3/c22-18-8-3-9-19(23)17(18)11-10-13-4-1-7-16-15(13)6-2-5-14(21(16)26)12-20(24)25/h1,3-4,7-12,21,26H,2,5-6H2,(H,24,25)/b11-10+,14-12+. The Kier molecular flexibility index (Phi) is 5.82. The molecular formula is C21H18Cl2O3. The normalized spacial score (nSPS) is 18.7. The highest BCUT2D eigenvalue weighted by atomic mass is 35.5. The Bertz CT molecular complexity index is 880. The minimum Gasteiger partial charge on any atom is -0.478 e. The van der Waals surface area contributed by atoms with Crippen molar-refractivity contribution in [2.45, 2.75) is 25.4 Å². The minimum absolute atomic E-state index is 0.534. The van der Waals surface area contributed by atoms with Crippen LogP contribution in [0.5, 0.6) is 0 Å². The lowest BCUT2D eigenvalue weighted by molar-refractivity contribution is -0.131. The molecule has 0 amide bonds. The molecule has 1 unspecified atom stereocenters. The number of fused-ring (bicyclic) bond motifs is 1. The Labute approximate surface area is 162 Å². The van der Waals surface area contributed by atoms with Crippen molar-refractivity contribution in [2.75, 3.05) is 0 Å². The predicted octanol–water partition coefficient (Wildman–Crippen LogP) is 5.54. The number of halogens is 2. The monoisotopic (exact) mass is 388 g/mol. The van der Waals surface area contributed by atoms with E-state index >= 15 is 0 Å². The van der Waals surface area contributed by atoms with Crippen LogP contribution in [-0.2, 0) is 11.2 Å². The third-order valence-corrected chi connectivity index (χ3v) is 5.18. The van der Waals surface area contributed by atoms with Gasteiger partial charge in [0.2, 0.25) is 0 Å². The summed E-state index contributed by atoms with van der Waals surface area (Å²) in [4.78, 5) is 11.0. The zero-order valence-electron chi connectivity index (χ0n) is 14.0. The summed E-state index contributed by atoms with van der Waals surface area (Å²) in [6, 6.07) is 11.0. The number of hydrogen-bond acceptors (Lipinski definition) is 2. The van der Waals surface area contributed by atoms with E-state index in [1.807, 2.05) is 30.4 Å². The van der Waals surface area contributed by atoms with Gasteiger partial charge in [-0.25, -0.2) is 4.79 Å². The first-order valence-electron chi connectivity index (χ1n) is 8.32. The van der Waals surface area contributed by atoms with E-state index < -0.39 is 12.1 Å². The molecule has 0 bridgehead atoms. The summed E-state index contributed by atoms with van der Waals surface area (Å²) in [6.07, 6.45) is 6.12. The van der Waals surface area contributed by atoms with Crippen LogP contribution in [0.15, 0.2) is 48.0 Å². The largest absolute Gasteiger partial charge is 0.478 e. The molecule has 26 heavy (non-hydrogen) atoms. The zero-order valence-corrected chi connectivity index (χ0v) is 15.5. The molecule has 1 atom stereocenters. The fraction of sp³-hybridized carbons (Fsp3) is 0.190. The maximum Gasteiger partial charge on any atom is 0.328 e. The van der Waals surface area contributed by atoms with Crippen molar-refractivity contribution >= 4 is 41.3 Å². The molecule has 2 aromatic carbocycles. The molecule has 0 heterocycles. The van der Waals surface area contributed by atoms with Gasteiger partial charge in [0, 0.05) is 21.7 Å². The first-order valence-corrected chi connectivity index (χ1v) is 9.08. The van der Waals surface area contributed by atoms with E-state index in [-0.39, 0.29) is 0 Å². The summed E-state index contributed by atoms with van der Waals surface area (Å²) >= 11 is 12.4. The summed E-state index contributed by atoms with van der Waals surface area (Å²) in [5, 5.41) is 20.8. The molecule has 0 fully saturated rings. The highest BCUT2D eigenvalue weighted by molar-refractivity contribution is 6.37. The molecule has 0 radical (unpaired) electrons. The van der Waals surface area contributed by atoms with Gasteiger partial charge in [-0.3, -0.25) is 0 Å². The number of carboxylic acid groups (broad SMARTS) is 1. The molecule has 0 spiro atoms. The van der Waals surface area contributed by atoms with Gasteiger partial charge in [0.25, 0.3) is 0 Å². The van der Waals surface area contributed by atoms with Crippen molar-refractivity contribution in [1.29, 1.82) is 0 Å². The molecule has 2 aromatic rings. The number of hydrogen-bond donors (Lipinski definition) is 2. The van der Waals surface area contributed by atoms with Crippen LogP contribution in [-0.4, -0.2) is 16.2 Å². The fourth-order valence-electron chi connectivity index (χ4n) is 3.28. The summed E-state index contributed by atoms with van der Waals surface area (Å²) < 4.78 is 0. The van der Waals surface area contributed by atoms with Crippen LogP contribution < -0.4 is 0 Å². The number of aliphatic hydroxyl groups is 1. The Morgan fingerprint density at radius 2 is 1.73 bits per heavy atom. The molecular weight excluding hydrogens is 371 g/mol. The van der Waals surface area contributed by atoms with Gasteiger partial charge >= 0.3 is 5.97 Å². The topological polar surface area (TPSA) is 57.5 Å². The van der Waals surface area contributed by atoms with E-state index in [9.17, 15) is 9.90 Å². The molecule has 0 aromatic heterocycles. The average Bonchev–Trinajstić information content (AvgIpc) is 2.74. The van der Waals surface area contributed by atoms with Gasteiger partial charge in [0.15, 0.2) is 0 Å². The van der Waals surface area contributed by atoms with Gasteiger partial charge in [0.1, 0.15) is 6.10 Å². The van der Waals surface area contributed by atoms with E-state index in [0.29, 0.717) is 22.0 Å². The molecule has 5 heteroatoms. The molecule has 3 nitrogen and oxygen atoms in total. The van der Waals surface area contributed by atoms with E-state index in [2.05, 4.69) is 0 Å². The van der Waals surface area contributed by atoms with Gasteiger partial charge in [0.05, 0.1) is 0 Å². The minimum atomic E-state index is -1.04. The molecule has 1 aliphatic carbocycles. The van der Waals surface area contributed by atoms with Crippen LogP contribution in [0.2, 0.25) is 10.0 Å². The summed E-state index contributed by atoms with van der Waals surface area (Å²) in [6.45, 7) is 0. The number of rotatable bonds is 3. The second-order valence-electron chi connectivity index (χ2n) is 6.20. The molecule has 2 N–H and O–H groups in total. The van der Waals surface area contributed by atoms with Gasteiger partial charge in [-0.05, 0) is 53.7 Å². The number of benzene rings is 2. The lowest BCUT2D eigenvalue weighted by Crippen LogP contribution is -2.05. The quantitative estimate of drug-likeness (QED) is 0.411. The van der Waals surface area contributed by atoms with Gasteiger partial charge < -0.3 is 10.2 Å². The van der Waals surface area contributed by atoms with Crippen molar-refractivity contribution in [2.24, 2.45) is 0 Å². The van der Waals surface area contributed by atoms with Crippen molar-refractivity contribution < 1.29 is 15.0 Å². The molecule has 3 rings (SSSR count). The van der Waals surface area contributed by atoms with Crippen molar-refractivity contribution in [1.82, 2.24) is 0 Å². The van der Waals surface area contributed by atoms with Crippen LogP contribution in [0.3, 0.4) is 0 Å². The maximum absolute atomic E-state index is 11.0.